The van der Waals surface area contributed by atoms with Gasteiger partial charge in [0.1, 0.15) is 19.3 Å². The summed E-state index contributed by atoms with van der Waals surface area (Å²) in [6.07, 6.45) is 75.6. The Morgan fingerprint density at radius 1 is 0.450 bits per heavy atom. The molecule has 2 N–H and O–H groups in total. The third kappa shape index (κ3) is 60.6. The highest BCUT2D eigenvalue weighted by atomic mass is 31.2. The summed E-state index contributed by atoms with van der Waals surface area (Å²) in [6.45, 7) is 6.94. The van der Waals surface area contributed by atoms with Crippen LogP contribution >= 0.6 is 7.82 Å². The molecular weight excluding hydrogens is 1010 g/mol. The molecule has 0 aliphatic carbocycles. The smallest absolute Gasteiger partial charge is 0.456 e. The normalized spacial score (nSPS) is 13.8. The van der Waals surface area contributed by atoms with Gasteiger partial charge in [-0.25, -0.2) is 4.57 Å². The molecule has 80 heavy (non-hydrogen) atoms. The SMILES string of the molecule is CC/C=C/C/C=C/CCCCCCCCCC(=O)NC(COP(=O)(O)OCC[N+](C)(C)C)C(/C=C\CCCCCCCCCCCCC)OC(=O)CCCCCCCCCCCCCCCCCCC/C=C/CCCCCCCC. The molecule has 3 unspecified atom stereocenters. The summed E-state index contributed by atoms with van der Waals surface area (Å²) in [5.74, 6) is -0.501. The highest BCUT2D eigenvalue weighted by Gasteiger charge is 2.30. The zero-order valence-electron chi connectivity index (χ0n) is 53.8. The predicted molar refractivity (Wildman–Crippen MR) is 346 cm³/mol. The van der Waals surface area contributed by atoms with E-state index in [1.807, 2.05) is 33.3 Å². The monoisotopic (exact) mass is 1150 g/mol. The fourth-order valence-electron chi connectivity index (χ4n) is 10.2. The largest absolute Gasteiger partial charge is 0.472 e. The molecule has 0 aliphatic heterocycles. The minimum atomic E-state index is -4.45. The minimum absolute atomic E-state index is 0.0397. The van der Waals surface area contributed by atoms with E-state index in [2.05, 4.69) is 62.5 Å². The summed E-state index contributed by atoms with van der Waals surface area (Å²) in [7, 11) is 1.50. The van der Waals surface area contributed by atoms with E-state index in [9.17, 15) is 19.0 Å². The molecule has 3 atom stereocenters. The van der Waals surface area contributed by atoms with Crippen LogP contribution in [0.25, 0.3) is 0 Å². The Morgan fingerprint density at radius 3 is 1.20 bits per heavy atom. The van der Waals surface area contributed by atoms with E-state index < -0.39 is 20.0 Å². The van der Waals surface area contributed by atoms with Crippen LogP contribution < -0.4 is 5.32 Å². The molecule has 0 aromatic carbocycles. The number of phosphoric ester groups is 1. The van der Waals surface area contributed by atoms with E-state index in [1.165, 1.54) is 218 Å². The van der Waals surface area contributed by atoms with Crippen LogP contribution in [0, 0.1) is 0 Å². The van der Waals surface area contributed by atoms with Crippen LogP contribution in [0.1, 0.15) is 335 Å². The molecule has 0 saturated carbocycles. The van der Waals surface area contributed by atoms with Crippen LogP contribution in [-0.4, -0.2) is 74.3 Å². The Kier molecular flexibility index (Phi) is 58.6. The van der Waals surface area contributed by atoms with Crippen molar-refractivity contribution < 1.29 is 37.3 Å². The summed E-state index contributed by atoms with van der Waals surface area (Å²) >= 11 is 0. The number of hydrogen-bond donors (Lipinski definition) is 2. The quantitative estimate of drug-likeness (QED) is 0.0205. The van der Waals surface area contributed by atoms with Gasteiger partial charge in [0.2, 0.25) is 5.91 Å². The molecular formula is C70H134N2O7P+. The summed E-state index contributed by atoms with van der Waals surface area (Å²) < 4.78 is 30.8. The number of ether oxygens (including phenoxy) is 1. The van der Waals surface area contributed by atoms with Crippen molar-refractivity contribution in [2.45, 2.75) is 348 Å². The molecule has 0 saturated heterocycles. The number of rotatable bonds is 63. The van der Waals surface area contributed by atoms with Gasteiger partial charge < -0.3 is 19.4 Å². The molecule has 0 heterocycles. The van der Waals surface area contributed by atoms with Crippen LogP contribution in [0.15, 0.2) is 48.6 Å². The van der Waals surface area contributed by atoms with E-state index in [0.29, 0.717) is 23.9 Å². The van der Waals surface area contributed by atoms with Crippen molar-refractivity contribution in [2.75, 3.05) is 40.9 Å². The Labute approximate surface area is 497 Å². The zero-order valence-corrected chi connectivity index (χ0v) is 54.7. The number of likely N-dealkylation sites (N-methyl/N-ethyl adjacent to an activating group) is 1. The molecule has 9 nitrogen and oxygen atoms in total. The number of unbranched alkanes of at least 4 members (excludes halogenated alkanes) is 41. The number of hydrogen-bond acceptors (Lipinski definition) is 6. The number of carbonyl (C=O) groups excluding carboxylic acids is 2. The number of phosphoric acid groups is 1. The maximum absolute atomic E-state index is 13.6. The second kappa shape index (κ2) is 60.1. The lowest BCUT2D eigenvalue weighted by Gasteiger charge is -2.27. The number of allylic oxidation sites excluding steroid dienone is 7. The van der Waals surface area contributed by atoms with Gasteiger partial charge in [-0.15, -0.1) is 0 Å². The number of quaternary nitrogens is 1. The average Bonchev–Trinajstić information content (AvgIpc) is 3.42. The summed E-state index contributed by atoms with van der Waals surface area (Å²) in [4.78, 5) is 37.8. The third-order valence-electron chi connectivity index (χ3n) is 15.5. The molecule has 0 radical (unpaired) electrons. The number of nitrogens with zero attached hydrogens (tertiary/aromatic N) is 1. The molecule has 470 valence electrons. The Hall–Kier alpha value is -2.03. The lowest BCUT2D eigenvalue weighted by Crippen LogP contribution is -2.47. The highest BCUT2D eigenvalue weighted by molar-refractivity contribution is 7.47. The van der Waals surface area contributed by atoms with E-state index in [4.69, 9.17) is 13.8 Å². The van der Waals surface area contributed by atoms with Crippen molar-refractivity contribution in [3.05, 3.63) is 48.6 Å². The first-order valence-corrected chi connectivity index (χ1v) is 36.0. The number of esters is 1. The number of carbonyl (C=O) groups is 2. The van der Waals surface area contributed by atoms with Crippen LogP contribution in [0.3, 0.4) is 0 Å². The molecule has 0 aliphatic rings. The minimum Gasteiger partial charge on any atom is -0.456 e. The molecule has 1 amide bonds. The highest BCUT2D eigenvalue weighted by Crippen LogP contribution is 2.43. The first-order chi connectivity index (χ1) is 38.9. The van der Waals surface area contributed by atoms with Gasteiger partial charge in [-0.05, 0) is 83.1 Å². The van der Waals surface area contributed by atoms with Crippen molar-refractivity contribution in [1.82, 2.24) is 5.32 Å². The van der Waals surface area contributed by atoms with Crippen LogP contribution in [-0.2, 0) is 27.9 Å². The van der Waals surface area contributed by atoms with Crippen LogP contribution in [0.5, 0.6) is 0 Å². The van der Waals surface area contributed by atoms with E-state index >= 15 is 0 Å². The Bertz CT molecular complexity index is 1510. The van der Waals surface area contributed by atoms with E-state index in [0.717, 1.165) is 83.5 Å². The number of nitrogens with one attached hydrogen (secondary N) is 1. The lowest BCUT2D eigenvalue weighted by molar-refractivity contribution is -0.870. The van der Waals surface area contributed by atoms with E-state index in [1.54, 1.807) is 0 Å². The maximum atomic E-state index is 13.6. The van der Waals surface area contributed by atoms with E-state index in [-0.39, 0.29) is 25.1 Å². The van der Waals surface area contributed by atoms with Gasteiger partial charge in [0.25, 0.3) is 0 Å². The van der Waals surface area contributed by atoms with Crippen molar-refractivity contribution in [3.63, 3.8) is 0 Å². The third-order valence-corrected chi connectivity index (χ3v) is 16.5. The van der Waals surface area contributed by atoms with Gasteiger partial charge >= 0.3 is 13.8 Å². The molecule has 0 rings (SSSR count). The summed E-state index contributed by atoms with van der Waals surface area (Å²) in [5, 5.41) is 3.06. The fourth-order valence-corrected chi connectivity index (χ4v) is 10.9. The van der Waals surface area contributed by atoms with Gasteiger partial charge in [0.15, 0.2) is 0 Å². The first-order valence-electron chi connectivity index (χ1n) is 34.5. The van der Waals surface area contributed by atoms with Crippen molar-refractivity contribution in [2.24, 2.45) is 0 Å². The van der Waals surface area contributed by atoms with Gasteiger partial charge in [-0.2, -0.15) is 0 Å². The van der Waals surface area contributed by atoms with Crippen molar-refractivity contribution in [3.8, 4) is 0 Å². The van der Waals surface area contributed by atoms with Gasteiger partial charge in [0, 0.05) is 12.8 Å². The van der Waals surface area contributed by atoms with Crippen molar-refractivity contribution >= 4 is 19.7 Å². The standard InChI is InChI=1S/C70H133N2O7P/c1-7-10-13-16-19-22-25-28-30-31-32-33-34-35-36-37-38-39-40-41-42-45-48-51-54-57-60-63-70(74)79-68(61-58-55-52-49-46-43-27-24-21-18-15-12-9-3)67(66-78-80(75,76)77-65-64-72(4,5)6)71-69(73)62-59-56-53-50-47-44-29-26-23-20-17-14-11-8-2/h11,14,20,23,28,30,58,61,67-68H,7-10,12-13,15-19,21-22,24-27,29,31-57,59-60,62-66H2,1-6H3,(H-,71,73,75,76)/p+1/b14-11+,23-20+,30-28+,61-58-. The fraction of sp³-hybridized carbons (Fsp3) is 0.857. The van der Waals surface area contributed by atoms with Crippen molar-refractivity contribution in [1.29, 1.82) is 0 Å². The Balaban J connectivity index is 5.00. The summed E-state index contributed by atoms with van der Waals surface area (Å²) in [5.41, 5.74) is 0. The molecule has 0 bridgehead atoms. The average molecular weight is 1150 g/mol. The van der Waals surface area contributed by atoms with Gasteiger partial charge in [0.05, 0.1) is 33.8 Å². The molecule has 0 spiro atoms. The summed E-state index contributed by atoms with van der Waals surface area (Å²) in [6, 6.07) is -0.851. The molecule has 0 fully saturated rings. The number of amides is 1. The second-order valence-electron chi connectivity index (χ2n) is 24.7. The van der Waals surface area contributed by atoms with Gasteiger partial charge in [-0.1, -0.05) is 288 Å². The predicted octanol–water partition coefficient (Wildman–Crippen LogP) is 21.6. The van der Waals surface area contributed by atoms with Gasteiger partial charge in [-0.3, -0.25) is 18.6 Å². The molecule has 0 aromatic heterocycles. The van der Waals surface area contributed by atoms with Crippen LogP contribution in [0.2, 0.25) is 0 Å². The topological polar surface area (TPSA) is 111 Å². The molecule has 0 aromatic rings. The first kappa shape index (κ1) is 78.0. The molecule has 10 heteroatoms. The zero-order chi connectivity index (χ0) is 58.6. The maximum Gasteiger partial charge on any atom is 0.472 e. The second-order valence-corrected chi connectivity index (χ2v) is 26.1. The lowest BCUT2D eigenvalue weighted by atomic mass is 10.0. The van der Waals surface area contributed by atoms with Crippen LogP contribution in [0.4, 0.5) is 0 Å². The Morgan fingerprint density at radius 2 is 0.800 bits per heavy atom.